The molecule has 204 valence electrons. The number of ether oxygens (including phenoxy) is 3. The number of amides is 2. The fourth-order valence-corrected chi connectivity index (χ4v) is 3.86. The van der Waals surface area contributed by atoms with Gasteiger partial charge in [-0.15, -0.1) is 0 Å². The zero-order valence-corrected chi connectivity index (χ0v) is 22.0. The van der Waals surface area contributed by atoms with Crippen LogP contribution in [-0.2, 0) is 33.4 Å². The van der Waals surface area contributed by atoms with E-state index in [0.717, 1.165) is 0 Å². The number of carbonyl (C=O) groups excluding carboxylic acids is 5. The number of rotatable bonds is 9. The van der Waals surface area contributed by atoms with Crippen LogP contribution in [0, 0.1) is 17.8 Å². The summed E-state index contributed by atoms with van der Waals surface area (Å²) in [5, 5.41) is 15.1. The van der Waals surface area contributed by atoms with E-state index in [0.29, 0.717) is 19.3 Å². The van der Waals surface area contributed by atoms with Gasteiger partial charge >= 0.3 is 17.9 Å². The molecule has 0 aliphatic carbocycles. The zero-order chi connectivity index (χ0) is 27.9. The van der Waals surface area contributed by atoms with Crippen molar-refractivity contribution < 1.29 is 43.3 Å². The fraction of sp³-hybridized carbons (Fsp3) is 0.577. The highest BCUT2D eigenvalue weighted by Gasteiger charge is 2.44. The Morgan fingerprint density at radius 3 is 2.32 bits per heavy atom. The van der Waals surface area contributed by atoms with E-state index in [9.17, 15) is 29.1 Å². The third-order valence-electron chi connectivity index (χ3n) is 6.05. The second-order valence-corrected chi connectivity index (χ2v) is 9.83. The summed E-state index contributed by atoms with van der Waals surface area (Å²) in [5.74, 6) is -4.61. The van der Waals surface area contributed by atoms with Crippen molar-refractivity contribution in [3.05, 3.63) is 23.8 Å². The van der Waals surface area contributed by atoms with Crippen LogP contribution in [0.4, 0.5) is 5.69 Å². The Kier molecular flexibility index (Phi) is 10.5. The molecule has 0 bridgehead atoms. The van der Waals surface area contributed by atoms with Gasteiger partial charge in [-0.05, 0) is 38.3 Å². The zero-order valence-electron chi connectivity index (χ0n) is 22.0. The smallest absolute Gasteiger partial charge is 0.332 e. The molecule has 0 saturated carbocycles. The largest absolute Gasteiger partial charge is 0.505 e. The Labute approximate surface area is 216 Å². The lowest BCUT2D eigenvalue weighted by Gasteiger charge is -2.30. The number of hydrogen-bond donors (Lipinski definition) is 3. The Morgan fingerprint density at radius 1 is 1.08 bits per heavy atom. The molecule has 1 aromatic carbocycles. The second kappa shape index (κ2) is 13.1. The quantitative estimate of drug-likeness (QED) is 0.193. The first-order valence-corrected chi connectivity index (χ1v) is 12.3. The van der Waals surface area contributed by atoms with Crippen LogP contribution in [0.25, 0.3) is 0 Å². The first-order chi connectivity index (χ1) is 17.4. The molecule has 3 N–H and O–H groups in total. The first kappa shape index (κ1) is 29.6. The monoisotopic (exact) mass is 520 g/mol. The predicted octanol–water partition coefficient (Wildman–Crippen LogP) is 2.56. The number of aromatic hydroxyl groups is 1. The lowest BCUT2D eigenvalue weighted by molar-refractivity contribution is -0.177. The van der Waals surface area contributed by atoms with Crippen LogP contribution >= 0.6 is 0 Å². The number of para-hydroxylation sites is 1. The maximum absolute atomic E-state index is 13.3. The van der Waals surface area contributed by atoms with Gasteiger partial charge in [0.15, 0.2) is 17.9 Å². The molecule has 1 aliphatic rings. The molecule has 37 heavy (non-hydrogen) atoms. The SMILES string of the molecule is CC(C)CC[C@H]1C(=O)O[C@H](C)[C@H](NC(=O)c2cccc(NC=O)c2O)C(=O)O[C@@H](C)[C@@H]1OC(=O)C(C)C. The summed E-state index contributed by atoms with van der Waals surface area (Å²) in [7, 11) is 0. The van der Waals surface area contributed by atoms with Crippen LogP contribution in [0.1, 0.15) is 64.7 Å². The van der Waals surface area contributed by atoms with Crippen LogP contribution in [0.5, 0.6) is 5.75 Å². The van der Waals surface area contributed by atoms with Crippen molar-refractivity contribution in [1.82, 2.24) is 5.32 Å². The van der Waals surface area contributed by atoms with Crippen molar-refractivity contribution in [2.45, 2.75) is 78.7 Å². The van der Waals surface area contributed by atoms with E-state index in [1.54, 1.807) is 13.8 Å². The van der Waals surface area contributed by atoms with Crippen molar-refractivity contribution in [3.63, 3.8) is 0 Å². The summed E-state index contributed by atoms with van der Waals surface area (Å²) in [4.78, 5) is 62.5. The maximum Gasteiger partial charge on any atom is 0.332 e. The minimum atomic E-state index is -1.42. The van der Waals surface area contributed by atoms with Crippen LogP contribution in [0.3, 0.4) is 0 Å². The normalized spacial score (nSPS) is 24.3. The molecule has 1 aliphatic heterocycles. The molecular weight excluding hydrogens is 484 g/mol. The van der Waals surface area contributed by atoms with Crippen molar-refractivity contribution in [2.24, 2.45) is 17.8 Å². The molecular formula is C26H36N2O9. The van der Waals surface area contributed by atoms with E-state index < -0.39 is 65.8 Å². The van der Waals surface area contributed by atoms with Crippen LogP contribution in [0.15, 0.2) is 18.2 Å². The van der Waals surface area contributed by atoms with E-state index in [-0.39, 0.29) is 17.2 Å². The van der Waals surface area contributed by atoms with Crippen molar-refractivity contribution in [3.8, 4) is 5.75 Å². The van der Waals surface area contributed by atoms with Gasteiger partial charge in [0.1, 0.15) is 12.2 Å². The number of phenols is 1. The van der Waals surface area contributed by atoms with Crippen LogP contribution in [0.2, 0.25) is 0 Å². The van der Waals surface area contributed by atoms with Gasteiger partial charge in [-0.1, -0.05) is 40.2 Å². The Bertz CT molecular complexity index is 1010. The molecule has 11 nitrogen and oxygen atoms in total. The van der Waals surface area contributed by atoms with E-state index >= 15 is 0 Å². The number of hydrogen-bond acceptors (Lipinski definition) is 9. The molecule has 2 amide bonds. The average Bonchev–Trinajstić information content (AvgIpc) is 2.84. The Balaban J connectivity index is 2.37. The molecule has 1 aromatic rings. The number of phenolic OH excluding ortho intramolecular Hbond substituents is 1. The molecule has 0 unspecified atom stereocenters. The number of carbonyl (C=O) groups is 5. The topological polar surface area (TPSA) is 157 Å². The Morgan fingerprint density at radius 2 is 1.73 bits per heavy atom. The molecule has 2 rings (SSSR count). The molecule has 0 radical (unpaired) electrons. The van der Waals surface area contributed by atoms with Gasteiger partial charge < -0.3 is 30.0 Å². The first-order valence-electron chi connectivity index (χ1n) is 12.3. The van der Waals surface area contributed by atoms with Crippen LogP contribution < -0.4 is 10.6 Å². The molecule has 0 aromatic heterocycles. The average molecular weight is 521 g/mol. The maximum atomic E-state index is 13.3. The minimum Gasteiger partial charge on any atom is -0.505 e. The molecule has 1 heterocycles. The van der Waals surface area contributed by atoms with Crippen molar-refractivity contribution in [1.29, 1.82) is 0 Å². The highest BCUT2D eigenvalue weighted by atomic mass is 16.6. The molecule has 0 spiro atoms. The highest BCUT2D eigenvalue weighted by molar-refractivity contribution is 6.01. The number of cyclic esters (lactones) is 2. The summed E-state index contributed by atoms with van der Waals surface area (Å²) in [5.41, 5.74) is -0.222. The van der Waals surface area contributed by atoms with Gasteiger partial charge in [0, 0.05) is 0 Å². The fourth-order valence-electron chi connectivity index (χ4n) is 3.86. The summed E-state index contributed by atoms with van der Waals surface area (Å²) < 4.78 is 16.8. The van der Waals surface area contributed by atoms with Gasteiger partial charge in [0.2, 0.25) is 6.41 Å². The third kappa shape index (κ3) is 7.68. The molecule has 11 heteroatoms. The Hall–Kier alpha value is -3.63. The van der Waals surface area contributed by atoms with Gasteiger partial charge in [0.05, 0.1) is 23.1 Å². The lowest BCUT2D eigenvalue weighted by atomic mass is 9.90. The summed E-state index contributed by atoms with van der Waals surface area (Å²) >= 11 is 0. The minimum absolute atomic E-state index is 0.00408. The number of nitrogens with one attached hydrogen (secondary N) is 2. The second-order valence-electron chi connectivity index (χ2n) is 9.83. The summed E-state index contributed by atoms with van der Waals surface area (Å²) in [6, 6.07) is 2.69. The van der Waals surface area contributed by atoms with E-state index in [1.165, 1.54) is 32.0 Å². The number of esters is 3. The highest BCUT2D eigenvalue weighted by Crippen LogP contribution is 2.29. The summed E-state index contributed by atoms with van der Waals surface area (Å²) in [6.45, 7) is 10.2. The van der Waals surface area contributed by atoms with Crippen molar-refractivity contribution >= 4 is 35.9 Å². The number of benzene rings is 1. The molecule has 5 atom stereocenters. The van der Waals surface area contributed by atoms with E-state index in [4.69, 9.17) is 14.2 Å². The van der Waals surface area contributed by atoms with Gasteiger partial charge in [-0.25, -0.2) is 4.79 Å². The molecule has 1 fully saturated rings. The van der Waals surface area contributed by atoms with Crippen LogP contribution in [-0.4, -0.2) is 59.7 Å². The van der Waals surface area contributed by atoms with E-state index in [1.807, 2.05) is 13.8 Å². The standard InChI is InChI=1S/C26H36N2O9/c1-13(2)10-11-18-22(37-24(32)14(3)4)16(6)36-26(34)20(15(5)35-25(18)33)28-23(31)17-8-7-9-19(21(17)30)27-12-29/h7-9,12-16,18,20,22,30H,10-11H2,1-6H3,(H,27,29)(H,28,31)/t15-,16+,18-,20+,22+/m1/s1. The summed E-state index contributed by atoms with van der Waals surface area (Å²) in [6.07, 6.45) is -1.93. The third-order valence-corrected chi connectivity index (χ3v) is 6.05. The van der Waals surface area contributed by atoms with Crippen molar-refractivity contribution in [2.75, 3.05) is 5.32 Å². The van der Waals surface area contributed by atoms with Gasteiger partial charge in [-0.3, -0.25) is 19.2 Å². The lowest BCUT2D eigenvalue weighted by Crippen LogP contribution is -2.50. The van der Waals surface area contributed by atoms with E-state index in [2.05, 4.69) is 10.6 Å². The van der Waals surface area contributed by atoms with Gasteiger partial charge in [-0.2, -0.15) is 0 Å². The van der Waals surface area contributed by atoms with Gasteiger partial charge in [0.25, 0.3) is 5.91 Å². The predicted molar refractivity (Wildman–Crippen MR) is 132 cm³/mol. The molecule has 1 saturated heterocycles. The number of anilines is 1.